The number of rotatable bonds is 4. The molecule has 0 spiro atoms. The highest BCUT2D eigenvalue weighted by Crippen LogP contribution is 2.36. The largest absolute Gasteiger partial charge is 0.493 e. The van der Waals surface area contributed by atoms with Crippen molar-refractivity contribution in [3.63, 3.8) is 0 Å². The van der Waals surface area contributed by atoms with Crippen LogP contribution in [0.3, 0.4) is 0 Å². The van der Waals surface area contributed by atoms with Crippen molar-refractivity contribution in [2.45, 2.75) is 11.8 Å². The average molecular weight is 375 g/mol. The van der Waals surface area contributed by atoms with Gasteiger partial charge in [0.1, 0.15) is 11.6 Å². The van der Waals surface area contributed by atoms with E-state index < -0.39 is 15.7 Å². The van der Waals surface area contributed by atoms with Crippen molar-refractivity contribution in [1.29, 1.82) is 0 Å². The van der Waals surface area contributed by atoms with E-state index in [1.165, 1.54) is 34.9 Å². The third-order valence-corrected chi connectivity index (χ3v) is 5.22. The summed E-state index contributed by atoms with van der Waals surface area (Å²) in [6.07, 6.45) is 2.73. The summed E-state index contributed by atoms with van der Waals surface area (Å²) in [5.41, 5.74) is 0.790. The van der Waals surface area contributed by atoms with Crippen molar-refractivity contribution >= 4 is 20.6 Å². The molecule has 3 aromatic rings. The molecule has 1 heterocycles. The van der Waals surface area contributed by atoms with Crippen LogP contribution in [0.5, 0.6) is 5.75 Å². The molecule has 0 atom stereocenters. The minimum absolute atomic E-state index is 0.139. The first-order valence-corrected chi connectivity index (χ1v) is 9.87. The molecule has 0 saturated heterocycles. The van der Waals surface area contributed by atoms with Crippen molar-refractivity contribution < 1.29 is 17.5 Å². The zero-order valence-electron chi connectivity index (χ0n) is 14.6. The predicted octanol–water partition coefficient (Wildman–Crippen LogP) is 3.15. The lowest BCUT2D eigenvalue weighted by Gasteiger charge is -2.15. The van der Waals surface area contributed by atoms with Crippen molar-refractivity contribution in [2.24, 2.45) is 7.05 Å². The first-order chi connectivity index (χ1) is 12.2. The molecule has 2 aromatic carbocycles. The molecule has 0 amide bonds. The molecule has 136 valence electrons. The lowest BCUT2D eigenvalue weighted by Crippen LogP contribution is -2.17. The van der Waals surface area contributed by atoms with E-state index in [1.54, 1.807) is 19.3 Å². The Morgan fingerprint density at radius 3 is 2.46 bits per heavy atom. The van der Waals surface area contributed by atoms with Crippen LogP contribution in [0.2, 0.25) is 0 Å². The number of aryl methyl sites for hydroxylation is 1. The van der Waals surface area contributed by atoms with E-state index in [-0.39, 0.29) is 15.8 Å². The molecule has 5 nitrogen and oxygen atoms in total. The van der Waals surface area contributed by atoms with Gasteiger partial charge >= 0.3 is 0 Å². The van der Waals surface area contributed by atoms with Gasteiger partial charge in [0.2, 0.25) is 0 Å². The average Bonchev–Trinajstić information content (AvgIpc) is 2.58. The maximum Gasteiger partial charge on any atom is 0.258 e. The summed E-state index contributed by atoms with van der Waals surface area (Å²) in [5, 5.41) is 0.748. The number of fused-ring (bicyclic) bond motifs is 1. The van der Waals surface area contributed by atoms with Crippen LogP contribution in [0.25, 0.3) is 21.9 Å². The van der Waals surface area contributed by atoms with E-state index in [0.717, 1.165) is 6.26 Å². The molecule has 26 heavy (non-hydrogen) atoms. The number of sulfone groups is 1. The summed E-state index contributed by atoms with van der Waals surface area (Å²) >= 11 is 0. The van der Waals surface area contributed by atoms with Crippen LogP contribution < -0.4 is 10.3 Å². The minimum atomic E-state index is -3.43. The highest BCUT2D eigenvalue weighted by Gasteiger charge is 2.17. The Hall–Kier alpha value is -2.67. The molecule has 0 radical (unpaired) electrons. The predicted molar refractivity (Wildman–Crippen MR) is 98.9 cm³/mol. The third kappa shape index (κ3) is 3.22. The normalized spacial score (nSPS) is 11.7. The number of nitrogens with zero attached hydrogens (tertiary/aromatic N) is 1. The van der Waals surface area contributed by atoms with Gasteiger partial charge < -0.3 is 9.30 Å². The second-order valence-corrected chi connectivity index (χ2v) is 8.03. The minimum Gasteiger partial charge on any atom is -0.493 e. The summed E-state index contributed by atoms with van der Waals surface area (Å²) < 4.78 is 44.6. The molecule has 0 bridgehead atoms. The Morgan fingerprint density at radius 1 is 1.08 bits per heavy atom. The number of hydrogen-bond donors (Lipinski definition) is 0. The van der Waals surface area contributed by atoms with Crippen molar-refractivity contribution in [3.8, 4) is 16.9 Å². The van der Waals surface area contributed by atoms with Crippen LogP contribution >= 0.6 is 0 Å². The van der Waals surface area contributed by atoms with Crippen molar-refractivity contribution in [3.05, 3.63) is 58.8 Å². The van der Waals surface area contributed by atoms with Crippen molar-refractivity contribution in [2.75, 3.05) is 12.9 Å². The van der Waals surface area contributed by atoms with Gasteiger partial charge in [0.25, 0.3) is 5.56 Å². The number of benzene rings is 2. The van der Waals surface area contributed by atoms with E-state index >= 15 is 0 Å². The first-order valence-electron chi connectivity index (χ1n) is 7.98. The molecular formula is C19H18FNO4S. The fraction of sp³-hybridized carbons (Fsp3) is 0.211. The maximum atomic E-state index is 13.7. The van der Waals surface area contributed by atoms with Gasteiger partial charge in [-0.05, 0) is 42.6 Å². The van der Waals surface area contributed by atoms with E-state index in [4.69, 9.17) is 4.74 Å². The monoisotopic (exact) mass is 375 g/mol. The van der Waals surface area contributed by atoms with Gasteiger partial charge in [-0.25, -0.2) is 12.8 Å². The van der Waals surface area contributed by atoms with Crippen LogP contribution in [0.1, 0.15) is 6.92 Å². The molecule has 0 saturated carbocycles. The smallest absolute Gasteiger partial charge is 0.258 e. The molecule has 7 heteroatoms. The first kappa shape index (κ1) is 18.1. The summed E-state index contributed by atoms with van der Waals surface area (Å²) in [6.45, 7) is 2.21. The topological polar surface area (TPSA) is 65.4 Å². The van der Waals surface area contributed by atoms with E-state index in [1.807, 2.05) is 6.92 Å². The van der Waals surface area contributed by atoms with Crippen LogP contribution in [0, 0.1) is 5.82 Å². The van der Waals surface area contributed by atoms with Crippen LogP contribution in [0.4, 0.5) is 4.39 Å². The van der Waals surface area contributed by atoms with E-state index in [2.05, 4.69) is 0 Å². The number of pyridine rings is 1. The zero-order valence-corrected chi connectivity index (χ0v) is 15.4. The SMILES string of the molecule is CCOc1ccc(S(C)(=O)=O)cc1-c1cn(C)c(=O)c2cc(F)ccc12. The number of aromatic nitrogens is 1. The number of hydrogen-bond acceptors (Lipinski definition) is 4. The summed E-state index contributed by atoms with van der Waals surface area (Å²) in [5.74, 6) is -0.0224. The molecule has 0 N–H and O–H groups in total. The van der Waals surface area contributed by atoms with Gasteiger partial charge in [-0.2, -0.15) is 0 Å². The molecule has 1 aromatic heterocycles. The van der Waals surface area contributed by atoms with Gasteiger partial charge in [-0.3, -0.25) is 4.79 Å². The van der Waals surface area contributed by atoms with Gasteiger partial charge in [0, 0.05) is 30.6 Å². The molecule has 0 unspecified atom stereocenters. The fourth-order valence-electron chi connectivity index (χ4n) is 2.89. The highest BCUT2D eigenvalue weighted by molar-refractivity contribution is 7.90. The Morgan fingerprint density at radius 2 is 1.81 bits per heavy atom. The maximum absolute atomic E-state index is 13.7. The summed E-state index contributed by atoms with van der Waals surface area (Å²) in [4.78, 5) is 12.5. The molecule has 0 aliphatic heterocycles. The Bertz CT molecular complexity index is 1170. The lowest BCUT2D eigenvalue weighted by molar-refractivity contribution is 0.341. The standard InChI is InChI=1S/C19H18FNO4S/c1-4-25-18-8-6-13(26(3,23)24)10-15(18)17-11-21(2)19(22)16-9-12(20)5-7-14(16)17/h5-11H,4H2,1-3H3. The van der Waals surface area contributed by atoms with Crippen molar-refractivity contribution in [1.82, 2.24) is 4.57 Å². The van der Waals surface area contributed by atoms with Crippen LogP contribution in [-0.4, -0.2) is 25.8 Å². The Kier molecular flexibility index (Phi) is 4.58. The molecule has 0 aliphatic rings. The molecular weight excluding hydrogens is 357 g/mol. The van der Waals surface area contributed by atoms with Gasteiger partial charge in [0.15, 0.2) is 9.84 Å². The van der Waals surface area contributed by atoms with E-state index in [0.29, 0.717) is 28.9 Å². The molecule has 0 fully saturated rings. The van der Waals surface area contributed by atoms with Crippen LogP contribution in [-0.2, 0) is 16.9 Å². The molecule has 0 aliphatic carbocycles. The quantitative estimate of drug-likeness (QED) is 0.703. The van der Waals surface area contributed by atoms with Crippen LogP contribution in [0.15, 0.2) is 52.3 Å². The zero-order chi connectivity index (χ0) is 19.1. The Balaban J connectivity index is 2.42. The fourth-order valence-corrected chi connectivity index (χ4v) is 3.53. The third-order valence-electron chi connectivity index (χ3n) is 4.11. The summed E-state index contributed by atoms with van der Waals surface area (Å²) in [6, 6.07) is 8.56. The second kappa shape index (κ2) is 6.57. The lowest BCUT2D eigenvalue weighted by atomic mass is 9.99. The number of ether oxygens (including phenoxy) is 1. The summed E-state index contributed by atoms with van der Waals surface area (Å²) in [7, 11) is -1.86. The van der Waals surface area contributed by atoms with Gasteiger partial charge in [0.05, 0.1) is 16.9 Å². The molecule has 3 rings (SSSR count). The second-order valence-electron chi connectivity index (χ2n) is 6.01. The number of halogens is 1. The highest BCUT2D eigenvalue weighted by atomic mass is 32.2. The van der Waals surface area contributed by atoms with E-state index in [9.17, 15) is 17.6 Å². The van der Waals surface area contributed by atoms with Gasteiger partial charge in [-0.15, -0.1) is 0 Å². The van der Waals surface area contributed by atoms with Gasteiger partial charge in [-0.1, -0.05) is 6.07 Å². The Labute approximate surface area is 150 Å².